The molecule has 23 heavy (non-hydrogen) atoms. The van der Waals surface area contributed by atoms with Gasteiger partial charge in [0.15, 0.2) is 17.4 Å². The predicted molar refractivity (Wildman–Crippen MR) is 81.7 cm³/mol. The number of benzene rings is 2. The lowest BCUT2D eigenvalue weighted by atomic mass is 10.1. The van der Waals surface area contributed by atoms with Gasteiger partial charge in [0.1, 0.15) is 0 Å². The van der Waals surface area contributed by atoms with Gasteiger partial charge in [-0.3, -0.25) is 9.59 Å². The third-order valence-corrected chi connectivity index (χ3v) is 3.13. The molecule has 0 bridgehead atoms. The highest BCUT2D eigenvalue weighted by atomic mass is 35.5. The van der Waals surface area contributed by atoms with Crippen molar-refractivity contribution >= 4 is 34.8 Å². The van der Waals surface area contributed by atoms with Gasteiger partial charge in [-0.25, -0.2) is 8.78 Å². The van der Waals surface area contributed by atoms with Crippen molar-refractivity contribution in [3.63, 3.8) is 0 Å². The SMILES string of the molecule is CC(=O)Nc1ccc(NC(=O)c2cc(F)c(O)c(F)c2)c(Cl)c1. The van der Waals surface area contributed by atoms with E-state index in [2.05, 4.69) is 10.6 Å². The number of hydrogen-bond acceptors (Lipinski definition) is 3. The summed E-state index contributed by atoms with van der Waals surface area (Å²) in [6.07, 6.45) is 0. The molecular formula is C15H11ClF2N2O3. The molecule has 2 aromatic carbocycles. The van der Waals surface area contributed by atoms with Gasteiger partial charge >= 0.3 is 0 Å². The largest absolute Gasteiger partial charge is 0.503 e. The van der Waals surface area contributed by atoms with Crippen LogP contribution >= 0.6 is 11.6 Å². The normalized spacial score (nSPS) is 10.3. The molecule has 0 saturated carbocycles. The maximum absolute atomic E-state index is 13.3. The third-order valence-electron chi connectivity index (χ3n) is 2.82. The van der Waals surface area contributed by atoms with E-state index in [9.17, 15) is 18.4 Å². The lowest BCUT2D eigenvalue weighted by Crippen LogP contribution is -2.13. The van der Waals surface area contributed by atoms with E-state index in [4.69, 9.17) is 16.7 Å². The van der Waals surface area contributed by atoms with Crippen molar-refractivity contribution in [2.45, 2.75) is 6.92 Å². The number of aromatic hydroxyl groups is 1. The van der Waals surface area contributed by atoms with Crippen LogP contribution in [-0.4, -0.2) is 16.9 Å². The summed E-state index contributed by atoms with van der Waals surface area (Å²) in [6.45, 7) is 1.33. The zero-order chi connectivity index (χ0) is 17.1. The first-order valence-electron chi connectivity index (χ1n) is 6.34. The van der Waals surface area contributed by atoms with E-state index in [1.807, 2.05) is 0 Å². The number of phenolic OH excluding ortho intramolecular Hbond substituents is 1. The van der Waals surface area contributed by atoms with Crippen LogP contribution in [0.4, 0.5) is 20.2 Å². The zero-order valence-electron chi connectivity index (χ0n) is 11.8. The molecule has 2 amide bonds. The van der Waals surface area contributed by atoms with Crippen LogP contribution in [-0.2, 0) is 4.79 Å². The molecule has 2 rings (SSSR count). The Hall–Kier alpha value is -2.67. The summed E-state index contributed by atoms with van der Waals surface area (Å²) in [7, 11) is 0. The number of anilines is 2. The molecule has 0 aliphatic heterocycles. The van der Waals surface area contributed by atoms with E-state index in [1.165, 1.54) is 25.1 Å². The van der Waals surface area contributed by atoms with Crippen LogP contribution in [0.5, 0.6) is 5.75 Å². The highest BCUT2D eigenvalue weighted by Gasteiger charge is 2.15. The summed E-state index contributed by atoms with van der Waals surface area (Å²) in [5, 5.41) is 14.0. The Balaban J connectivity index is 2.22. The number of carbonyl (C=O) groups is 2. The molecular weight excluding hydrogens is 330 g/mol. The molecule has 0 unspecified atom stereocenters. The highest BCUT2D eigenvalue weighted by Crippen LogP contribution is 2.27. The molecule has 0 aliphatic carbocycles. The highest BCUT2D eigenvalue weighted by molar-refractivity contribution is 6.34. The van der Waals surface area contributed by atoms with E-state index < -0.39 is 23.3 Å². The molecule has 3 N–H and O–H groups in total. The van der Waals surface area contributed by atoms with Crippen LogP contribution < -0.4 is 10.6 Å². The van der Waals surface area contributed by atoms with Crippen LogP contribution in [0.1, 0.15) is 17.3 Å². The Morgan fingerprint density at radius 3 is 2.22 bits per heavy atom. The molecule has 8 heteroatoms. The maximum Gasteiger partial charge on any atom is 0.255 e. The van der Waals surface area contributed by atoms with Crippen molar-refractivity contribution in [3.05, 3.63) is 52.6 Å². The number of carbonyl (C=O) groups excluding carboxylic acids is 2. The second-order valence-electron chi connectivity index (χ2n) is 4.62. The Bertz CT molecular complexity index is 773. The Labute approximate surface area is 134 Å². The second-order valence-corrected chi connectivity index (χ2v) is 5.03. The van der Waals surface area contributed by atoms with Crippen molar-refractivity contribution < 1.29 is 23.5 Å². The molecule has 0 aliphatic rings. The van der Waals surface area contributed by atoms with Crippen molar-refractivity contribution in [2.24, 2.45) is 0 Å². The van der Waals surface area contributed by atoms with Gasteiger partial charge in [-0.05, 0) is 30.3 Å². The summed E-state index contributed by atoms with van der Waals surface area (Å²) in [6, 6.07) is 5.75. The molecule has 0 saturated heterocycles. The van der Waals surface area contributed by atoms with Crippen LogP contribution in [0, 0.1) is 11.6 Å². The Kier molecular flexibility index (Phi) is 4.80. The van der Waals surface area contributed by atoms with E-state index >= 15 is 0 Å². The summed E-state index contributed by atoms with van der Waals surface area (Å²) < 4.78 is 26.5. The number of nitrogens with one attached hydrogen (secondary N) is 2. The summed E-state index contributed by atoms with van der Waals surface area (Å²) in [4.78, 5) is 22.9. The smallest absolute Gasteiger partial charge is 0.255 e. The molecule has 2 aromatic rings. The third kappa shape index (κ3) is 3.95. The lowest BCUT2D eigenvalue weighted by Gasteiger charge is -2.10. The number of rotatable bonds is 3. The topological polar surface area (TPSA) is 78.4 Å². The Morgan fingerprint density at radius 1 is 1.09 bits per heavy atom. The minimum absolute atomic E-state index is 0.129. The second kappa shape index (κ2) is 6.62. The van der Waals surface area contributed by atoms with Crippen LogP contribution in [0.2, 0.25) is 5.02 Å². The van der Waals surface area contributed by atoms with E-state index in [0.29, 0.717) is 17.8 Å². The Morgan fingerprint density at radius 2 is 1.70 bits per heavy atom. The molecule has 5 nitrogen and oxygen atoms in total. The fourth-order valence-corrected chi connectivity index (χ4v) is 2.02. The molecule has 0 heterocycles. The number of hydrogen-bond donors (Lipinski definition) is 3. The maximum atomic E-state index is 13.3. The average molecular weight is 341 g/mol. The monoisotopic (exact) mass is 340 g/mol. The predicted octanol–water partition coefficient (Wildman–Crippen LogP) is 3.53. The summed E-state index contributed by atoms with van der Waals surface area (Å²) in [5.74, 6) is -4.74. The van der Waals surface area contributed by atoms with Crippen molar-refractivity contribution in [1.82, 2.24) is 0 Å². The van der Waals surface area contributed by atoms with Crippen LogP contribution in [0.15, 0.2) is 30.3 Å². The number of amides is 2. The van der Waals surface area contributed by atoms with E-state index in [1.54, 1.807) is 0 Å². The molecule has 120 valence electrons. The lowest BCUT2D eigenvalue weighted by molar-refractivity contribution is -0.114. The van der Waals surface area contributed by atoms with Crippen molar-refractivity contribution in [3.8, 4) is 5.75 Å². The number of halogens is 3. The molecule has 0 spiro atoms. The first-order chi connectivity index (χ1) is 10.8. The van der Waals surface area contributed by atoms with Gasteiger partial charge in [0.2, 0.25) is 5.91 Å². The summed E-state index contributed by atoms with van der Waals surface area (Å²) in [5.41, 5.74) is 0.307. The van der Waals surface area contributed by atoms with Gasteiger partial charge in [-0.1, -0.05) is 11.6 Å². The van der Waals surface area contributed by atoms with Gasteiger partial charge in [-0.2, -0.15) is 0 Å². The first-order valence-corrected chi connectivity index (χ1v) is 6.72. The summed E-state index contributed by atoms with van der Waals surface area (Å²) >= 11 is 5.98. The van der Waals surface area contributed by atoms with E-state index in [-0.39, 0.29) is 22.2 Å². The first kappa shape index (κ1) is 16.7. The van der Waals surface area contributed by atoms with Crippen molar-refractivity contribution in [1.29, 1.82) is 0 Å². The molecule has 0 aromatic heterocycles. The van der Waals surface area contributed by atoms with Gasteiger partial charge in [0.05, 0.1) is 10.7 Å². The van der Waals surface area contributed by atoms with Gasteiger partial charge in [-0.15, -0.1) is 0 Å². The van der Waals surface area contributed by atoms with Gasteiger partial charge < -0.3 is 15.7 Å². The molecule has 0 atom stereocenters. The standard InChI is InChI=1S/C15H11ClF2N2O3/c1-7(21)19-9-2-3-13(10(16)6-9)20-15(23)8-4-11(17)14(22)12(18)5-8/h2-6,22H,1H3,(H,19,21)(H,20,23). The average Bonchev–Trinajstić information content (AvgIpc) is 2.46. The quantitative estimate of drug-likeness (QED) is 0.799. The van der Waals surface area contributed by atoms with Gasteiger partial charge in [0.25, 0.3) is 5.91 Å². The fourth-order valence-electron chi connectivity index (χ4n) is 1.79. The molecule has 0 radical (unpaired) electrons. The number of phenols is 1. The molecule has 0 fully saturated rings. The van der Waals surface area contributed by atoms with E-state index in [0.717, 1.165) is 0 Å². The van der Waals surface area contributed by atoms with Crippen LogP contribution in [0.3, 0.4) is 0 Å². The minimum Gasteiger partial charge on any atom is -0.503 e. The van der Waals surface area contributed by atoms with Crippen LogP contribution in [0.25, 0.3) is 0 Å². The van der Waals surface area contributed by atoms with Gasteiger partial charge in [0, 0.05) is 18.2 Å². The fraction of sp³-hybridized carbons (Fsp3) is 0.0667. The minimum atomic E-state index is -1.25. The zero-order valence-corrected chi connectivity index (χ0v) is 12.5. The van der Waals surface area contributed by atoms with Crippen molar-refractivity contribution in [2.75, 3.05) is 10.6 Å².